The first kappa shape index (κ1) is 18.0. The van der Waals surface area contributed by atoms with Crippen LogP contribution in [0.2, 0.25) is 0 Å². The van der Waals surface area contributed by atoms with E-state index in [0.29, 0.717) is 13.0 Å². The molecule has 0 aliphatic heterocycles. The minimum atomic E-state index is -0.548. The Hall–Kier alpha value is -2.82. The summed E-state index contributed by atoms with van der Waals surface area (Å²) in [5.74, 6) is 1.50. The Morgan fingerprint density at radius 3 is 2.77 bits per heavy atom. The summed E-state index contributed by atoms with van der Waals surface area (Å²) in [7, 11) is 0. The number of benzene rings is 2. The SMILES string of the molecule is Cc1ccc(C)c(O[C@@H](C)C(=O)NCCc2nc3c(C)cccc3[nH]2)c1. The summed E-state index contributed by atoms with van der Waals surface area (Å²) in [6.07, 6.45) is 0.101. The van der Waals surface area contributed by atoms with Gasteiger partial charge in [0.05, 0.1) is 11.0 Å². The van der Waals surface area contributed by atoms with Crippen LogP contribution in [0.25, 0.3) is 11.0 Å². The van der Waals surface area contributed by atoms with Gasteiger partial charge < -0.3 is 15.0 Å². The Kier molecular flexibility index (Phi) is 5.26. The second-order valence-electron chi connectivity index (χ2n) is 6.72. The summed E-state index contributed by atoms with van der Waals surface area (Å²) in [6.45, 7) is 8.30. The molecule has 5 heteroatoms. The molecule has 1 atom stereocenters. The van der Waals surface area contributed by atoms with Crippen LogP contribution < -0.4 is 10.1 Å². The van der Waals surface area contributed by atoms with Crippen LogP contribution in [0.4, 0.5) is 0 Å². The van der Waals surface area contributed by atoms with Gasteiger partial charge in [0, 0.05) is 13.0 Å². The lowest BCUT2D eigenvalue weighted by Gasteiger charge is -2.16. The molecule has 3 rings (SSSR count). The van der Waals surface area contributed by atoms with E-state index in [1.54, 1.807) is 6.92 Å². The topological polar surface area (TPSA) is 67.0 Å². The molecule has 0 radical (unpaired) electrons. The molecular weight excluding hydrogens is 326 g/mol. The fourth-order valence-electron chi connectivity index (χ4n) is 2.87. The number of fused-ring (bicyclic) bond motifs is 1. The van der Waals surface area contributed by atoms with Gasteiger partial charge in [-0.2, -0.15) is 0 Å². The average Bonchev–Trinajstić information content (AvgIpc) is 3.02. The molecule has 1 amide bonds. The second-order valence-corrected chi connectivity index (χ2v) is 6.72. The van der Waals surface area contributed by atoms with Crippen molar-refractivity contribution in [1.82, 2.24) is 15.3 Å². The summed E-state index contributed by atoms with van der Waals surface area (Å²) >= 11 is 0. The number of carbonyl (C=O) groups is 1. The van der Waals surface area contributed by atoms with Crippen molar-refractivity contribution in [2.24, 2.45) is 0 Å². The maximum absolute atomic E-state index is 12.3. The van der Waals surface area contributed by atoms with E-state index in [4.69, 9.17) is 4.74 Å². The molecule has 1 heterocycles. The lowest BCUT2D eigenvalue weighted by atomic mass is 10.1. The number of aromatic amines is 1. The number of nitrogens with zero attached hydrogens (tertiary/aromatic N) is 1. The van der Waals surface area contributed by atoms with Gasteiger partial charge in [0.15, 0.2) is 6.10 Å². The molecular formula is C21H25N3O2. The first-order chi connectivity index (χ1) is 12.4. The molecule has 0 spiro atoms. The van der Waals surface area contributed by atoms with Crippen molar-refractivity contribution < 1.29 is 9.53 Å². The molecule has 2 aromatic carbocycles. The summed E-state index contributed by atoms with van der Waals surface area (Å²) in [4.78, 5) is 20.2. The van der Waals surface area contributed by atoms with Gasteiger partial charge in [-0.25, -0.2) is 4.98 Å². The number of carbonyl (C=O) groups excluding carboxylic acids is 1. The van der Waals surface area contributed by atoms with Gasteiger partial charge in [-0.1, -0.05) is 24.3 Å². The number of H-pyrrole nitrogens is 1. The number of aromatic nitrogens is 2. The largest absolute Gasteiger partial charge is 0.481 e. The lowest BCUT2D eigenvalue weighted by molar-refractivity contribution is -0.127. The Morgan fingerprint density at radius 2 is 2.00 bits per heavy atom. The zero-order chi connectivity index (χ0) is 18.7. The van der Waals surface area contributed by atoms with Gasteiger partial charge in [0.25, 0.3) is 5.91 Å². The lowest BCUT2D eigenvalue weighted by Crippen LogP contribution is -2.37. The second kappa shape index (κ2) is 7.60. The zero-order valence-electron chi connectivity index (χ0n) is 15.7. The number of aryl methyl sites for hydroxylation is 3. The van der Waals surface area contributed by atoms with Crippen LogP contribution in [-0.4, -0.2) is 28.5 Å². The minimum absolute atomic E-state index is 0.127. The molecule has 0 saturated carbocycles. The van der Waals surface area contributed by atoms with Crippen molar-refractivity contribution in [2.75, 3.05) is 6.54 Å². The Bertz CT molecular complexity index is 930. The number of imidazole rings is 1. The number of hydrogen-bond acceptors (Lipinski definition) is 3. The van der Waals surface area contributed by atoms with Crippen molar-refractivity contribution in [3.63, 3.8) is 0 Å². The van der Waals surface area contributed by atoms with Crippen LogP contribution in [0.3, 0.4) is 0 Å². The van der Waals surface area contributed by atoms with E-state index in [9.17, 15) is 4.79 Å². The summed E-state index contributed by atoms with van der Waals surface area (Å²) < 4.78 is 5.82. The number of hydrogen-bond donors (Lipinski definition) is 2. The number of para-hydroxylation sites is 1. The van der Waals surface area contributed by atoms with Crippen molar-refractivity contribution in [2.45, 2.75) is 40.2 Å². The molecule has 26 heavy (non-hydrogen) atoms. The van der Waals surface area contributed by atoms with E-state index in [0.717, 1.165) is 39.3 Å². The fourth-order valence-corrected chi connectivity index (χ4v) is 2.87. The Morgan fingerprint density at radius 1 is 1.19 bits per heavy atom. The van der Waals surface area contributed by atoms with E-state index >= 15 is 0 Å². The first-order valence-electron chi connectivity index (χ1n) is 8.90. The summed E-state index contributed by atoms with van der Waals surface area (Å²) in [6, 6.07) is 12.0. The Labute approximate surface area is 153 Å². The van der Waals surface area contributed by atoms with Gasteiger partial charge in [0.2, 0.25) is 0 Å². The van der Waals surface area contributed by atoms with Crippen molar-refractivity contribution in [3.05, 3.63) is 58.9 Å². The Balaban J connectivity index is 1.54. The fraction of sp³-hybridized carbons (Fsp3) is 0.333. The van der Waals surface area contributed by atoms with Crippen LogP contribution in [-0.2, 0) is 11.2 Å². The molecule has 0 unspecified atom stereocenters. The van der Waals surface area contributed by atoms with Crippen LogP contribution in [0.1, 0.15) is 29.4 Å². The monoisotopic (exact) mass is 351 g/mol. The molecule has 136 valence electrons. The highest BCUT2D eigenvalue weighted by atomic mass is 16.5. The van der Waals surface area contributed by atoms with Crippen molar-refractivity contribution in [1.29, 1.82) is 0 Å². The van der Waals surface area contributed by atoms with Crippen molar-refractivity contribution in [3.8, 4) is 5.75 Å². The number of nitrogens with one attached hydrogen (secondary N) is 2. The highest BCUT2D eigenvalue weighted by molar-refractivity contribution is 5.81. The van der Waals surface area contributed by atoms with Crippen LogP contribution in [0.15, 0.2) is 36.4 Å². The quantitative estimate of drug-likeness (QED) is 0.713. The number of amides is 1. The third kappa shape index (κ3) is 4.04. The van der Waals surface area contributed by atoms with Crippen LogP contribution >= 0.6 is 0 Å². The van der Waals surface area contributed by atoms with E-state index in [1.165, 1.54) is 0 Å². The van der Waals surface area contributed by atoms with Gasteiger partial charge >= 0.3 is 0 Å². The number of rotatable bonds is 6. The molecule has 5 nitrogen and oxygen atoms in total. The van der Waals surface area contributed by atoms with E-state index in [2.05, 4.69) is 15.3 Å². The highest BCUT2D eigenvalue weighted by Crippen LogP contribution is 2.20. The maximum atomic E-state index is 12.3. The van der Waals surface area contributed by atoms with Crippen LogP contribution in [0.5, 0.6) is 5.75 Å². The predicted octanol–water partition coefficient (Wildman–Crippen LogP) is 3.61. The molecule has 0 saturated heterocycles. The highest BCUT2D eigenvalue weighted by Gasteiger charge is 2.15. The summed E-state index contributed by atoms with van der Waals surface area (Å²) in [5, 5.41) is 2.92. The van der Waals surface area contributed by atoms with Crippen molar-refractivity contribution >= 4 is 16.9 Å². The molecule has 0 bridgehead atoms. The molecule has 0 aliphatic rings. The molecule has 1 aromatic heterocycles. The molecule has 2 N–H and O–H groups in total. The average molecular weight is 351 g/mol. The minimum Gasteiger partial charge on any atom is -0.481 e. The van der Waals surface area contributed by atoms with E-state index in [-0.39, 0.29) is 5.91 Å². The van der Waals surface area contributed by atoms with Gasteiger partial charge in [-0.05, 0) is 56.5 Å². The van der Waals surface area contributed by atoms with Gasteiger partial charge in [-0.15, -0.1) is 0 Å². The molecule has 3 aromatic rings. The third-order valence-corrected chi connectivity index (χ3v) is 4.44. The summed E-state index contributed by atoms with van der Waals surface area (Å²) in [5.41, 5.74) is 5.29. The van der Waals surface area contributed by atoms with Gasteiger partial charge in [-0.3, -0.25) is 4.79 Å². The van der Waals surface area contributed by atoms with E-state index in [1.807, 2.05) is 57.2 Å². The standard InChI is InChI=1S/C21H25N3O2/c1-13-8-9-14(2)18(12-13)26-16(4)21(25)22-11-10-19-23-17-7-5-6-15(3)20(17)24-19/h5-9,12,16H,10-11H2,1-4H3,(H,22,25)(H,23,24)/t16-/m0/s1. The molecule has 0 aliphatic carbocycles. The first-order valence-corrected chi connectivity index (χ1v) is 8.90. The smallest absolute Gasteiger partial charge is 0.260 e. The third-order valence-electron chi connectivity index (χ3n) is 4.44. The predicted molar refractivity (Wildman–Crippen MR) is 104 cm³/mol. The van der Waals surface area contributed by atoms with E-state index < -0.39 is 6.10 Å². The maximum Gasteiger partial charge on any atom is 0.260 e. The normalized spacial score (nSPS) is 12.2. The number of ether oxygens (including phenoxy) is 1. The zero-order valence-corrected chi connectivity index (χ0v) is 15.7. The molecule has 0 fully saturated rings. The van der Waals surface area contributed by atoms with Gasteiger partial charge in [0.1, 0.15) is 11.6 Å². The van der Waals surface area contributed by atoms with Crippen LogP contribution in [0, 0.1) is 20.8 Å².